The zero-order valence-corrected chi connectivity index (χ0v) is 15.6. The summed E-state index contributed by atoms with van der Waals surface area (Å²) in [5, 5.41) is 4.20. The van der Waals surface area contributed by atoms with Gasteiger partial charge in [0.25, 0.3) is 5.91 Å². The van der Waals surface area contributed by atoms with Gasteiger partial charge in [0, 0.05) is 38.4 Å². The van der Waals surface area contributed by atoms with Gasteiger partial charge in [-0.05, 0) is 30.3 Å². The minimum Gasteiger partial charge on any atom is -0.468 e. The summed E-state index contributed by atoms with van der Waals surface area (Å²) in [6.45, 7) is 3.33. The van der Waals surface area contributed by atoms with E-state index in [1.54, 1.807) is 23.4 Å². The summed E-state index contributed by atoms with van der Waals surface area (Å²) in [5.74, 6) is -0.801. The van der Waals surface area contributed by atoms with E-state index in [1.165, 1.54) is 10.7 Å². The van der Waals surface area contributed by atoms with Crippen molar-refractivity contribution >= 4 is 5.91 Å². The van der Waals surface area contributed by atoms with Crippen LogP contribution >= 0.6 is 0 Å². The maximum absolute atomic E-state index is 13.6. The standard InChI is InChI=1S/C20H20F2N4O3/c21-15-3-4-19(17(22)12-15)29-14-26-6-5-18(23-26)20(27)25-9-7-24(8-10-25)13-16-2-1-11-28-16/h1-6,11-12H,7-10,13-14H2. The van der Waals surface area contributed by atoms with Crippen molar-refractivity contribution in [3.05, 3.63) is 71.9 Å². The third kappa shape index (κ3) is 4.62. The van der Waals surface area contributed by atoms with Gasteiger partial charge in [-0.25, -0.2) is 13.5 Å². The lowest BCUT2D eigenvalue weighted by molar-refractivity contribution is 0.0612. The number of carbonyl (C=O) groups excluding carboxylic acids is 1. The predicted molar refractivity (Wildman–Crippen MR) is 99.1 cm³/mol. The van der Waals surface area contributed by atoms with Crippen LogP contribution in [0.1, 0.15) is 16.2 Å². The van der Waals surface area contributed by atoms with E-state index in [4.69, 9.17) is 9.15 Å². The molecular formula is C20H20F2N4O3. The Hall–Kier alpha value is -3.20. The number of piperazine rings is 1. The molecule has 152 valence electrons. The molecule has 0 radical (unpaired) electrons. The number of halogens is 2. The van der Waals surface area contributed by atoms with Crippen LogP contribution in [0.15, 0.2) is 53.3 Å². The molecule has 29 heavy (non-hydrogen) atoms. The molecule has 0 N–H and O–H groups in total. The van der Waals surface area contributed by atoms with Crippen molar-refractivity contribution in [3.63, 3.8) is 0 Å². The molecule has 3 heterocycles. The Kier molecular flexibility index (Phi) is 5.57. The van der Waals surface area contributed by atoms with E-state index in [-0.39, 0.29) is 18.4 Å². The number of aromatic nitrogens is 2. The Morgan fingerprint density at radius 3 is 2.69 bits per heavy atom. The van der Waals surface area contributed by atoms with E-state index in [2.05, 4.69) is 10.00 Å². The van der Waals surface area contributed by atoms with Gasteiger partial charge in [0.05, 0.1) is 12.8 Å². The van der Waals surface area contributed by atoms with Crippen LogP contribution in [0.25, 0.3) is 0 Å². The number of benzene rings is 1. The van der Waals surface area contributed by atoms with Crippen molar-refractivity contribution in [2.75, 3.05) is 26.2 Å². The van der Waals surface area contributed by atoms with Gasteiger partial charge in [-0.15, -0.1) is 0 Å². The monoisotopic (exact) mass is 402 g/mol. The number of carbonyl (C=O) groups is 1. The minimum atomic E-state index is -0.791. The molecule has 1 amide bonds. The second kappa shape index (κ2) is 8.44. The third-order valence-electron chi connectivity index (χ3n) is 4.73. The van der Waals surface area contributed by atoms with Gasteiger partial charge in [0.2, 0.25) is 0 Å². The highest BCUT2D eigenvalue weighted by atomic mass is 19.1. The number of nitrogens with zero attached hydrogens (tertiary/aromatic N) is 4. The van der Waals surface area contributed by atoms with E-state index in [0.29, 0.717) is 18.8 Å². The van der Waals surface area contributed by atoms with Gasteiger partial charge >= 0.3 is 0 Å². The summed E-state index contributed by atoms with van der Waals surface area (Å²) in [4.78, 5) is 16.7. The number of ether oxygens (including phenoxy) is 1. The maximum atomic E-state index is 13.6. The molecule has 7 nitrogen and oxygen atoms in total. The number of hydrogen-bond acceptors (Lipinski definition) is 5. The smallest absolute Gasteiger partial charge is 0.274 e. The van der Waals surface area contributed by atoms with Crippen LogP contribution in [0, 0.1) is 11.6 Å². The van der Waals surface area contributed by atoms with Crippen molar-refractivity contribution < 1.29 is 22.7 Å². The van der Waals surface area contributed by atoms with Crippen LogP contribution in [0.5, 0.6) is 5.75 Å². The van der Waals surface area contributed by atoms with Crippen molar-refractivity contribution in [2.24, 2.45) is 0 Å². The highest BCUT2D eigenvalue weighted by molar-refractivity contribution is 5.92. The maximum Gasteiger partial charge on any atom is 0.274 e. The zero-order valence-electron chi connectivity index (χ0n) is 15.6. The Morgan fingerprint density at radius 2 is 1.97 bits per heavy atom. The molecule has 1 aliphatic rings. The first-order valence-corrected chi connectivity index (χ1v) is 9.24. The van der Waals surface area contributed by atoms with Gasteiger partial charge in [0.1, 0.15) is 11.6 Å². The van der Waals surface area contributed by atoms with Crippen LogP contribution < -0.4 is 4.74 Å². The number of furan rings is 1. The molecule has 9 heteroatoms. The first-order valence-electron chi connectivity index (χ1n) is 9.24. The Bertz CT molecular complexity index is 966. The van der Waals surface area contributed by atoms with Crippen LogP contribution in [0.2, 0.25) is 0 Å². The van der Waals surface area contributed by atoms with Gasteiger partial charge < -0.3 is 14.1 Å². The molecule has 1 fully saturated rings. The van der Waals surface area contributed by atoms with Crippen molar-refractivity contribution in [2.45, 2.75) is 13.3 Å². The van der Waals surface area contributed by atoms with E-state index in [0.717, 1.165) is 37.5 Å². The molecule has 0 saturated carbocycles. The Labute approximate surface area is 166 Å². The summed E-state index contributed by atoms with van der Waals surface area (Å²) in [7, 11) is 0. The molecule has 1 saturated heterocycles. The normalized spacial score (nSPS) is 14.9. The van der Waals surface area contributed by atoms with Crippen molar-refractivity contribution in [3.8, 4) is 5.75 Å². The molecule has 0 aliphatic carbocycles. The van der Waals surface area contributed by atoms with Gasteiger partial charge in [-0.2, -0.15) is 5.10 Å². The molecule has 0 bridgehead atoms. The molecule has 4 rings (SSSR count). The average Bonchev–Trinajstić information content (AvgIpc) is 3.39. The molecule has 3 aromatic rings. The Morgan fingerprint density at radius 1 is 1.14 bits per heavy atom. The van der Waals surface area contributed by atoms with Crippen molar-refractivity contribution in [1.82, 2.24) is 19.6 Å². The Balaban J connectivity index is 1.29. The zero-order chi connectivity index (χ0) is 20.2. The number of amides is 1. The fourth-order valence-corrected chi connectivity index (χ4v) is 3.17. The molecule has 0 atom stereocenters. The number of rotatable bonds is 6. The van der Waals surface area contributed by atoms with Gasteiger partial charge in [-0.1, -0.05) is 0 Å². The molecule has 0 spiro atoms. The van der Waals surface area contributed by atoms with Crippen LogP contribution in [-0.4, -0.2) is 51.7 Å². The summed E-state index contributed by atoms with van der Waals surface area (Å²) in [6.07, 6.45) is 3.24. The molecule has 2 aromatic heterocycles. The van der Waals surface area contributed by atoms with Gasteiger partial charge in [-0.3, -0.25) is 9.69 Å². The van der Waals surface area contributed by atoms with Crippen LogP contribution in [0.3, 0.4) is 0 Å². The third-order valence-corrected chi connectivity index (χ3v) is 4.73. The average molecular weight is 402 g/mol. The lowest BCUT2D eigenvalue weighted by Crippen LogP contribution is -2.48. The highest BCUT2D eigenvalue weighted by Crippen LogP contribution is 2.18. The van der Waals surface area contributed by atoms with Gasteiger partial charge in [0.15, 0.2) is 24.0 Å². The van der Waals surface area contributed by atoms with E-state index in [1.807, 2.05) is 12.1 Å². The van der Waals surface area contributed by atoms with E-state index in [9.17, 15) is 13.6 Å². The molecule has 1 aromatic carbocycles. The fourth-order valence-electron chi connectivity index (χ4n) is 3.17. The topological polar surface area (TPSA) is 63.7 Å². The minimum absolute atomic E-state index is 0.0811. The quantitative estimate of drug-likeness (QED) is 0.635. The highest BCUT2D eigenvalue weighted by Gasteiger charge is 2.24. The summed E-state index contributed by atoms with van der Waals surface area (Å²) >= 11 is 0. The van der Waals surface area contributed by atoms with Crippen LogP contribution in [0.4, 0.5) is 8.78 Å². The van der Waals surface area contributed by atoms with Crippen molar-refractivity contribution in [1.29, 1.82) is 0 Å². The number of hydrogen-bond donors (Lipinski definition) is 0. The van der Waals surface area contributed by atoms with E-state index >= 15 is 0 Å². The first-order chi connectivity index (χ1) is 14.1. The molecule has 0 unspecified atom stereocenters. The fraction of sp³-hybridized carbons (Fsp3) is 0.300. The summed E-state index contributed by atoms with van der Waals surface area (Å²) in [5.41, 5.74) is 0.299. The summed E-state index contributed by atoms with van der Waals surface area (Å²) in [6, 6.07) is 8.47. The second-order valence-corrected chi connectivity index (χ2v) is 6.74. The second-order valence-electron chi connectivity index (χ2n) is 6.74. The summed E-state index contributed by atoms with van der Waals surface area (Å²) < 4.78 is 38.6. The lowest BCUT2D eigenvalue weighted by atomic mass is 10.2. The molecule has 1 aliphatic heterocycles. The molecular weight excluding hydrogens is 382 g/mol. The van der Waals surface area contributed by atoms with Crippen LogP contribution in [-0.2, 0) is 13.3 Å². The predicted octanol–water partition coefficient (Wildman–Crippen LogP) is 2.75. The van der Waals surface area contributed by atoms with E-state index < -0.39 is 11.6 Å². The first kappa shape index (κ1) is 19.1. The SMILES string of the molecule is O=C(c1ccn(COc2ccc(F)cc2F)n1)N1CCN(Cc2ccco2)CC1. The lowest BCUT2D eigenvalue weighted by Gasteiger charge is -2.33. The largest absolute Gasteiger partial charge is 0.468 e.